The van der Waals surface area contributed by atoms with Gasteiger partial charge in [-0.25, -0.2) is 0 Å². The van der Waals surface area contributed by atoms with E-state index in [1.807, 2.05) is 24.3 Å². The lowest BCUT2D eigenvalue weighted by Gasteiger charge is -2.39. The molecule has 36 heavy (non-hydrogen) atoms. The predicted molar refractivity (Wildman–Crippen MR) is 145 cm³/mol. The predicted octanol–water partition coefficient (Wildman–Crippen LogP) is 5.94. The highest BCUT2D eigenvalue weighted by Gasteiger charge is 2.30. The largest absolute Gasteiger partial charge is 0.497 e. The number of unbranched alkanes of at least 4 members (excludes halogenated alkanes) is 1. The van der Waals surface area contributed by atoms with Gasteiger partial charge in [0.05, 0.1) is 18.7 Å². The number of aromatic nitrogens is 1. The lowest BCUT2D eigenvalue weighted by atomic mass is 9.79. The number of carbonyl (C=O) groups is 1. The van der Waals surface area contributed by atoms with Gasteiger partial charge in [0, 0.05) is 24.5 Å². The van der Waals surface area contributed by atoms with Crippen LogP contribution in [-0.2, 0) is 11.2 Å². The molecule has 1 aromatic carbocycles. The van der Waals surface area contributed by atoms with Gasteiger partial charge in [-0.3, -0.25) is 9.78 Å². The Balaban J connectivity index is 1.33. The highest BCUT2D eigenvalue weighted by molar-refractivity contribution is 7.07. The molecular weight excluding hydrogens is 472 g/mol. The zero-order chi connectivity index (χ0) is 25.3. The summed E-state index contributed by atoms with van der Waals surface area (Å²) in [4.78, 5) is 18.3. The summed E-state index contributed by atoms with van der Waals surface area (Å²) < 4.78 is 5.37. The van der Waals surface area contributed by atoms with Crippen molar-refractivity contribution in [2.45, 2.75) is 57.5 Å². The van der Waals surface area contributed by atoms with Gasteiger partial charge < -0.3 is 19.8 Å². The molecule has 2 aromatic heterocycles. The number of likely N-dealkylation sites (tertiary alicyclic amines) is 1. The molecule has 0 aliphatic carbocycles. The maximum absolute atomic E-state index is 11.3. The Kier molecular flexibility index (Phi) is 9.73. The number of fused-ring (bicyclic) bond motifs is 1. The van der Waals surface area contributed by atoms with Crippen LogP contribution in [0, 0.1) is 11.8 Å². The number of rotatable bonds is 13. The average Bonchev–Trinajstić information content (AvgIpc) is 3.42. The summed E-state index contributed by atoms with van der Waals surface area (Å²) in [6.45, 7) is 3.09. The van der Waals surface area contributed by atoms with E-state index in [-0.39, 0.29) is 6.42 Å². The number of hydrogen-bond donors (Lipinski definition) is 2. The minimum atomic E-state index is -0.723. The van der Waals surface area contributed by atoms with Crippen LogP contribution in [0.3, 0.4) is 0 Å². The third-order valence-corrected chi connectivity index (χ3v) is 8.36. The molecule has 3 aromatic rings. The number of pyridine rings is 1. The molecular formula is C29H38N2O4S. The van der Waals surface area contributed by atoms with E-state index in [0.717, 1.165) is 61.1 Å². The van der Waals surface area contributed by atoms with Crippen LogP contribution in [0.25, 0.3) is 10.9 Å². The Hall–Kier alpha value is -2.48. The molecule has 1 aliphatic heterocycles. The van der Waals surface area contributed by atoms with Gasteiger partial charge in [0.2, 0.25) is 0 Å². The van der Waals surface area contributed by atoms with Crippen molar-refractivity contribution >= 4 is 28.2 Å². The summed E-state index contributed by atoms with van der Waals surface area (Å²) in [7, 11) is 1.64. The van der Waals surface area contributed by atoms with Crippen molar-refractivity contribution < 1.29 is 19.7 Å². The van der Waals surface area contributed by atoms with E-state index < -0.39 is 12.1 Å². The number of nitrogens with zero attached hydrogens (tertiary/aromatic N) is 2. The van der Waals surface area contributed by atoms with E-state index in [1.54, 1.807) is 24.6 Å². The number of aryl methyl sites for hydroxylation is 1. The van der Waals surface area contributed by atoms with Crippen LogP contribution < -0.4 is 4.74 Å². The summed E-state index contributed by atoms with van der Waals surface area (Å²) in [5, 5.41) is 25.7. The van der Waals surface area contributed by atoms with Gasteiger partial charge in [-0.15, -0.1) is 0 Å². The van der Waals surface area contributed by atoms with Gasteiger partial charge >= 0.3 is 5.97 Å². The van der Waals surface area contributed by atoms with Crippen LogP contribution in [0.4, 0.5) is 0 Å². The minimum absolute atomic E-state index is 0.213. The van der Waals surface area contributed by atoms with Gasteiger partial charge in [0.15, 0.2) is 0 Å². The number of methoxy groups -OCH3 is 1. The van der Waals surface area contributed by atoms with Crippen molar-refractivity contribution in [1.82, 2.24) is 9.88 Å². The fraction of sp³-hybridized carbons (Fsp3) is 0.517. The summed E-state index contributed by atoms with van der Waals surface area (Å²) in [5.41, 5.74) is 3.15. The zero-order valence-corrected chi connectivity index (χ0v) is 22.0. The molecule has 0 radical (unpaired) electrons. The molecule has 3 heterocycles. The quantitative estimate of drug-likeness (QED) is 0.277. The SMILES string of the molecule is COc1ccc2nccc(C(O)CC[C@@H]3CCN(CCCCc4ccsc4)C[C@@H]3CCC(=O)O)c2c1. The molecule has 0 saturated carbocycles. The fourth-order valence-electron chi connectivity index (χ4n) is 5.57. The number of carboxylic acid groups (broad SMARTS) is 1. The highest BCUT2D eigenvalue weighted by Crippen LogP contribution is 2.35. The van der Waals surface area contributed by atoms with Gasteiger partial charge in [0.25, 0.3) is 0 Å². The standard InChI is InChI=1S/C29H38N2O4S/c1-35-24-7-8-27-26(18-24)25(11-14-30-27)28(32)9-5-22-12-16-31(19-23(22)6-10-29(33)34)15-3-2-4-21-13-17-36-20-21/h7-8,11,13-14,17-18,20,22-23,28,32H,2-6,9-10,12,15-16,19H2,1H3,(H,33,34)/t22-,23+,28?/m1/s1. The lowest BCUT2D eigenvalue weighted by molar-refractivity contribution is -0.137. The first-order chi connectivity index (χ1) is 17.5. The second-order valence-electron chi connectivity index (χ2n) is 10.0. The highest BCUT2D eigenvalue weighted by atomic mass is 32.1. The maximum atomic E-state index is 11.3. The first-order valence-corrected chi connectivity index (χ1v) is 14.0. The normalized spacial score (nSPS) is 19.4. The van der Waals surface area contributed by atoms with Crippen molar-refractivity contribution in [2.75, 3.05) is 26.7 Å². The molecule has 7 heteroatoms. The summed E-state index contributed by atoms with van der Waals surface area (Å²) in [6.07, 6.45) is 8.19. The third kappa shape index (κ3) is 7.28. The van der Waals surface area contributed by atoms with Crippen LogP contribution >= 0.6 is 11.3 Å². The smallest absolute Gasteiger partial charge is 0.303 e. The van der Waals surface area contributed by atoms with Crippen LogP contribution in [0.5, 0.6) is 5.75 Å². The number of aliphatic hydroxyl groups is 1. The van der Waals surface area contributed by atoms with Gasteiger partial charge in [-0.2, -0.15) is 11.3 Å². The number of hydrogen-bond acceptors (Lipinski definition) is 6. The summed E-state index contributed by atoms with van der Waals surface area (Å²) in [5.74, 6) is 0.816. The fourth-order valence-corrected chi connectivity index (χ4v) is 6.27. The monoisotopic (exact) mass is 510 g/mol. The second kappa shape index (κ2) is 13.2. The van der Waals surface area contributed by atoms with Gasteiger partial charge in [-0.05, 0) is 122 Å². The Morgan fingerprint density at radius 1 is 1.22 bits per heavy atom. The maximum Gasteiger partial charge on any atom is 0.303 e. The van der Waals surface area contributed by atoms with E-state index in [2.05, 4.69) is 26.7 Å². The van der Waals surface area contributed by atoms with E-state index in [4.69, 9.17) is 4.74 Å². The molecule has 1 unspecified atom stereocenters. The molecule has 1 fully saturated rings. The number of thiophene rings is 1. The zero-order valence-electron chi connectivity index (χ0n) is 21.1. The Bertz CT molecular complexity index is 1100. The summed E-state index contributed by atoms with van der Waals surface area (Å²) in [6, 6.07) is 9.84. The molecule has 1 saturated heterocycles. The van der Waals surface area contributed by atoms with E-state index in [0.29, 0.717) is 24.7 Å². The Morgan fingerprint density at radius 3 is 2.89 bits per heavy atom. The first-order valence-electron chi connectivity index (χ1n) is 13.1. The van der Waals surface area contributed by atoms with Crippen molar-refractivity contribution in [1.29, 1.82) is 0 Å². The van der Waals surface area contributed by atoms with E-state index >= 15 is 0 Å². The number of benzene rings is 1. The number of piperidine rings is 1. The summed E-state index contributed by atoms with van der Waals surface area (Å²) >= 11 is 1.76. The van der Waals surface area contributed by atoms with Crippen molar-refractivity contribution in [3.63, 3.8) is 0 Å². The number of aliphatic hydroxyl groups excluding tert-OH is 1. The molecule has 2 N–H and O–H groups in total. The number of carboxylic acids is 1. The number of aliphatic carboxylic acids is 1. The third-order valence-electron chi connectivity index (χ3n) is 7.63. The van der Waals surface area contributed by atoms with Crippen LogP contribution in [-0.4, -0.2) is 52.8 Å². The van der Waals surface area contributed by atoms with Crippen molar-refractivity contribution in [3.05, 3.63) is 58.4 Å². The van der Waals surface area contributed by atoms with Crippen molar-refractivity contribution in [2.24, 2.45) is 11.8 Å². The van der Waals surface area contributed by atoms with E-state index in [9.17, 15) is 15.0 Å². The van der Waals surface area contributed by atoms with Gasteiger partial charge in [-0.1, -0.05) is 0 Å². The first kappa shape index (κ1) is 26.6. The molecule has 1 aliphatic rings. The Labute approximate surface area is 217 Å². The van der Waals surface area contributed by atoms with Crippen LogP contribution in [0.1, 0.15) is 62.2 Å². The minimum Gasteiger partial charge on any atom is -0.497 e. The molecule has 0 amide bonds. The molecule has 0 bridgehead atoms. The Morgan fingerprint density at radius 2 is 2.11 bits per heavy atom. The van der Waals surface area contributed by atoms with Crippen molar-refractivity contribution in [3.8, 4) is 5.75 Å². The van der Waals surface area contributed by atoms with E-state index in [1.165, 1.54) is 18.4 Å². The molecule has 6 nitrogen and oxygen atoms in total. The van der Waals surface area contributed by atoms with Crippen LogP contribution in [0.2, 0.25) is 0 Å². The number of ether oxygens (including phenoxy) is 1. The lowest BCUT2D eigenvalue weighted by Crippen LogP contribution is -2.41. The molecule has 0 spiro atoms. The van der Waals surface area contributed by atoms with Crippen LogP contribution in [0.15, 0.2) is 47.3 Å². The van der Waals surface area contributed by atoms with Gasteiger partial charge in [0.1, 0.15) is 5.75 Å². The molecule has 194 valence electrons. The molecule has 4 rings (SSSR count). The molecule has 3 atom stereocenters. The average molecular weight is 511 g/mol. The second-order valence-corrected chi connectivity index (χ2v) is 10.8. The topological polar surface area (TPSA) is 82.9 Å².